The predicted octanol–water partition coefficient (Wildman–Crippen LogP) is 4.75. The molecule has 0 spiro atoms. The lowest BCUT2D eigenvalue weighted by Gasteiger charge is -2.12. The highest BCUT2D eigenvalue weighted by molar-refractivity contribution is 5.91. The van der Waals surface area contributed by atoms with Gasteiger partial charge in [0.05, 0.1) is 11.3 Å². The largest absolute Gasteiger partial charge is 0.417 e. The summed E-state index contributed by atoms with van der Waals surface area (Å²) in [5, 5.41) is 0. The lowest BCUT2D eigenvalue weighted by atomic mass is 9.99. The Bertz CT molecular complexity index is 862. The monoisotopic (exact) mass is 303 g/mol. The number of aryl methyl sites for hydroxylation is 1. The fourth-order valence-corrected chi connectivity index (χ4v) is 2.66. The molecule has 0 bridgehead atoms. The first-order chi connectivity index (χ1) is 10.4. The Labute approximate surface area is 124 Å². The molecule has 0 aliphatic heterocycles. The SMILES string of the molecule is Cc1cccn2c(C=O)c(-c3ccccc3C(F)(F)F)cc12. The number of hydrogen-bond acceptors (Lipinski definition) is 1. The van der Waals surface area contributed by atoms with Gasteiger partial charge in [-0.3, -0.25) is 4.79 Å². The number of fused-ring (bicyclic) bond motifs is 1. The third-order valence-corrected chi connectivity index (χ3v) is 3.70. The molecule has 0 unspecified atom stereocenters. The van der Waals surface area contributed by atoms with Crippen molar-refractivity contribution in [2.75, 3.05) is 0 Å². The predicted molar refractivity (Wildman–Crippen MR) is 78.0 cm³/mol. The molecule has 0 saturated heterocycles. The van der Waals surface area contributed by atoms with E-state index in [4.69, 9.17) is 0 Å². The summed E-state index contributed by atoms with van der Waals surface area (Å²) in [6.45, 7) is 1.85. The van der Waals surface area contributed by atoms with Crippen LogP contribution in [0.2, 0.25) is 0 Å². The highest BCUT2D eigenvalue weighted by Crippen LogP contribution is 2.39. The first-order valence-electron chi connectivity index (χ1n) is 6.66. The number of aldehydes is 1. The van der Waals surface area contributed by atoms with Gasteiger partial charge in [-0.25, -0.2) is 0 Å². The molecule has 0 fully saturated rings. The number of hydrogen-bond donors (Lipinski definition) is 0. The smallest absolute Gasteiger partial charge is 0.313 e. The molecular weight excluding hydrogens is 291 g/mol. The van der Waals surface area contributed by atoms with Crippen molar-refractivity contribution in [3.8, 4) is 11.1 Å². The second-order valence-corrected chi connectivity index (χ2v) is 5.05. The van der Waals surface area contributed by atoms with E-state index in [1.165, 1.54) is 18.2 Å². The maximum Gasteiger partial charge on any atom is 0.417 e. The van der Waals surface area contributed by atoms with E-state index >= 15 is 0 Å². The number of benzene rings is 1. The molecular formula is C17H12F3NO. The van der Waals surface area contributed by atoms with Crippen LogP contribution in [-0.2, 0) is 6.18 Å². The summed E-state index contributed by atoms with van der Waals surface area (Å²) in [6.07, 6.45) is -2.21. The summed E-state index contributed by atoms with van der Waals surface area (Å²) in [6, 6.07) is 10.5. The molecule has 0 radical (unpaired) electrons. The van der Waals surface area contributed by atoms with E-state index in [1.54, 1.807) is 22.7 Å². The number of carbonyl (C=O) groups is 1. The van der Waals surface area contributed by atoms with Gasteiger partial charge in [0.1, 0.15) is 0 Å². The van der Waals surface area contributed by atoms with Crippen molar-refractivity contribution in [2.45, 2.75) is 13.1 Å². The zero-order chi connectivity index (χ0) is 15.9. The van der Waals surface area contributed by atoms with Crippen LogP contribution in [0.1, 0.15) is 21.6 Å². The van der Waals surface area contributed by atoms with Gasteiger partial charge in [-0.15, -0.1) is 0 Å². The second-order valence-electron chi connectivity index (χ2n) is 5.05. The quantitative estimate of drug-likeness (QED) is 0.626. The molecule has 22 heavy (non-hydrogen) atoms. The third kappa shape index (κ3) is 2.19. The molecule has 112 valence electrons. The zero-order valence-electron chi connectivity index (χ0n) is 11.7. The molecule has 3 aromatic rings. The Kier molecular flexibility index (Phi) is 3.28. The van der Waals surface area contributed by atoms with Gasteiger partial charge >= 0.3 is 6.18 Å². The Hall–Kier alpha value is -2.56. The minimum Gasteiger partial charge on any atom is -0.313 e. The van der Waals surface area contributed by atoms with Crippen LogP contribution in [0.5, 0.6) is 0 Å². The molecule has 0 atom stereocenters. The van der Waals surface area contributed by atoms with Crippen molar-refractivity contribution in [3.05, 3.63) is 65.5 Å². The summed E-state index contributed by atoms with van der Waals surface area (Å²) >= 11 is 0. The molecule has 2 nitrogen and oxygen atoms in total. The molecule has 0 saturated carbocycles. The standard InChI is InChI=1S/C17H12F3NO/c1-11-5-4-8-21-15(11)9-13(16(21)10-22)12-6-2-3-7-14(12)17(18,19)20/h2-10H,1H3. The van der Waals surface area contributed by atoms with E-state index in [0.29, 0.717) is 6.29 Å². The van der Waals surface area contributed by atoms with Crippen LogP contribution < -0.4 is 0 Å². The van der Waals surface area contributed by atoms with Crippen molar-refractivity contribution in [1.82, 2.24) is 4.40 Å². The maximum atomic E-state index is 13.2. The average molecular weight is 303 g/mol. The highest BCUT2D eigenvalue weighted by Gasteiger charge is 2.34. The van der Waals surface area contributed by atoms with Crippen molar-refractivity contribution in [3.63, 3.8) is 0 Å². The maximum absolute atomic E-state index is 13.2. The molecule has 3 rings (SSSR count). The Morgan fingerprint density at radius 1 is 1.05 bits per heavy atom. The fourth-order valence-electron chi connectivity index (χ4n) is 2.66. The lowest BCUT2D eigenvalue weighted by Crippen LogP contribution is -2.07. The topological polar surface area (TPSA) is 21.5 Å². The summed E-state index contributed by atoms with van der Waals surface area (Å²) in [5.41, 5.74) is 1.39. The van der Waals surface area contributed by atoms with E-state index in [-0.39, 0.29) is 16.8 Å². The van der Waals surface area contributed by atoms with Crippen molar-refractivity contribution in [2.24, 2.45) is 0 Å². The van der Waals surface area contributed by atoms with E-state index in [2.05, 4.69) is 0 Å². The van der Waals surface area contributed by atoms with E-state index in [0.717, 1.165) is 17.1 Å². The fraction of sp³-hybridized carbons (Fsp3) is 0.118. The van der Waals surface area contributed by atoms with Crippen LogP contribution in [0.4, 0.5) is 13.2 Å². The first-order valence-corrected chi connectivity index (χ1v) is 6.66. The van der Waals surface area contributed by atoms with Gasteiger partial charge < -0.3 is 4.40 Å². The van der Waals surface area contributed by atoms with Crippen molar-refractivity contribution in [1.29, 1.82) is 0 Å². The first kappa shape index (κ1) is 14.4. The summed E-state index contributed by atoms with van der Waals surface area (Å²) in [5.74, 6) is 0. The summed E-state index contributed by atoms with van der Waals surface area (Å²) in [7, 11) is 0. The molecule has 5 heteroatoms. The number of rotatable bonds is 2. The molecule has 0 aliphatic carbocycles. The van der Waals surface area contributed by atoms with Gasteiger partial charge in [0, 0.05) is 17.3 Å². The van der Waals surface area contributed by atoms with Crippen LogP contribution in [0.3, 0.4) is 0 Å². The number of carbonyl (C=O) groups excluding carboxylic acids is 1. The summed E-state index contributed by atoms with van der Waals surface area (Å²) in [4.78, 5) is 11.4. The minimum atomic E-state index is -4.47. The molecule has 1 aromatic carbocycles. The Balaban J connectivity index is 2.37. The second kappa shape index (κ2) is 5.02. The lowest BCUT2D eigenvalue weighted by molar-refractivity contribution is -0.137. The van der Waals surface area contributed by atoms with Gasteiger partial charge in [0.2, 0.25) is 0 Å². The molecule has 2 heterocycles. The van der Waals surface area contributed by atoms with E-state index in [1.807, 2.05) is 13.0 Å². The zero-order valence-corrected chi connectivity index (χ0v) is 11.7. The van der Waals surface area contributed by atoms with E-state index < -0.39 is 11.7 Å². The molecule has 0 aliphatic rings. The number of pyridine rings is 1. The van der Waals surface area contributed by atoms with Gasteiger partial charge in [-0.2, -0.15) is 13.2 Å². The summed E-state index contributed by atoms with van der Waals surface area (Å²) < 4.78 is 41.2. The molecule has 2 aromatic heterocycles. The molecule has 0 N–H and O–H groups in total. The van der Waals surface area contributed by atoms with Gasteiger partial charge in [-0.05, 0) is 36.2 Å². The number of halogens is 3. The van der Waals surface area contributed by atoms with Crippen LogP contribution in [0, 0.1) is 6.92 Å². The van der Waals surface area contributed by atoms with Crippen LogP contribution in [0.15, 0.2) is 48.7 Å². The highest BCUT2D eigenvalue weighted by atomic mass is 19.4. The van der Waals surface area contributed by atoms with Gasteiger partial charge in [-0.1, -0.05) is 24.3 Å². The number of nitrogens with zero attached hydrogens (tertiary/aromatic N) is 1. The van der Waals surface area contributed by atoms with Crippen LogP contribution >= 0.6 is 0 Å². The van der Waals surface area contributed by atoms with Crippen molar-refractivity contribution >= 4 is 11.8 Å². The number of aromatic nitrogens is 1. The normalized spacial score (nSPS) is 11.8. The van der Waals surface area contributed by atoms with E-state index in [9.17, 15) is 18.0 Å². The van der Waals surface area contributed by atoms with Gasteiger partial charge in [0.15, 0.2) is 6.29 Å². The van der Waals surface area contributed by atoms with Gasteiger partial charge in [0.25, 0.3) is 0 Å². The third-order valence-electron chi connectivity index (χ3n) is 3.70. The Morgan fingerprint density at radius 3 is 2.45 bits per heavy atom. The van der Waals surface area contributed by atoms with Crippen LogP contribution in [0.25, 0.3) is 16.6 Å². The average Bonchev–Trinajstić information content (AvgIpc) is 2.86. The number of alkyl halides is 3. The van der Waals surface area contributed by atoms with Crippen LogP contribution in [-0.4, -0.2) is 10.7 Å². The minimum absolute atomic E-state index is 0.0141. The molecule has 0 amide bonds. The van der Waals surface area contributed by atoms with Crippen molar-refractivity contribution < 1.29 is 18.0 Å². The Morgan fingerprint density at radius 2 is 1.77 bits per heavy atom.